The third kappa shape index (κ3) is 4.61. The van der Waals surface area contributed by atoms with Crippen LogP contribution in [0.25, 0.3) is 0 Å². The zero-order valence-corrected chi connectivity index (χ0v) is 9.84. The molecule has 0 bridgehead atoms. The van der Waals surface area contributed by atoms with Gasteiger partial charge in [0, 0.05) is 12.7 Å². The molecule has 16 heavy (non-hydrogen) atoms. The van der Waals surface area contributed by atoms with Gasteiger partial charge in [-0.05, 0) is 18.3 Å². The van der Waals surface area contributed by atoms with E-state index in [0.29, 0.717) is 12.8 Å². The fourth-order valence-corrected chi connectivity index (χ4v) is 3.19. The van der Waals surface area contributed by atoms with Crippen LogP contribution >= 0.6 is 0 Å². The quantitative estimate of drug-likeness (QED) is 0.654. The van der Waals surface area contributed by atoms with Crippen LogP contribution in [0.1, 0.15) is 19.3 Å². The zero-order valence-electron chi connectivity index (χ0n) is 9.02. The van der Waals surface area contributed by atoms with Crippen LogP contribution in [0.5, 0.6) is 0 Å². The van der Waals surface area contributed by atoms with E-state index in [0.717, 1.165) is 6.26 Å². The molecule has 0 aromatic carbocycles. The van der Waals surface area contributed by atoms with Gasteiger partial charge in [0.25, 0.3) is 0 Å². The maximum Gasteiger partial charge on any atom is 0.322 e. The Kier molecular flexibility index (Phi) is 3.57. The van der Waals surface area contributed by atoms with E-state index < -0.39 is 33.7 Å². The number of carbonyl (C=O) groups is 2. The lowest BCUT2D eigenvalue weighted by molar-refractivity contribution is -0.138. The van der Waals surface area contributed by atoms with Gasteiger partial charge in [-0.3, -0.25) is 9.59 Å². The van der Waals surface area contributed by atoms with Gasteiger partial charge in [-0.2, -0.15) is 0 Å². The maximum atomic E-state index is 11.3. The first-order valence-electron chi connectivity index (χ1n) is 4.89. The summed E-state index contributed by atoms with van der Waals surface area (Å²) in [6, 6.07) is 0. The monoisotopic (exact) mass is 249 g/mol. The molecule has 0 unspecified atom stereocenters. The number of carboxylic acids is 1. The molecule has 1 amide bonds. The molecule has 6 nitrogen and oxygen atoms in total. The first-order valence-corrected chi connectivity index (χ1v) is 6.95. The lowest BCUT2D eigenvalue weighted by Gasteiger charge is -2.12. The second-order valence-electron chi connectivity index (χ2n) is 4.42. The third-order valence-corrected chi connectivity index (χ3v) is 3.63. The van der Waals surface area contributed by atoms with Gasteiger partial charge < -0.3 is 10.4 Å². The van der Waals surface area contributed by atoms with Crippen LogP contribution in [0.15, 0.2) is 0 Å². The molecule has 0 atom stereocenters. The van der Waals surface area contributed by atoms with Crippen molar-refractivity contribution in [3.05, 3.63) is 0 Å². The van der Waals surface area contributed by atoms with Gasteiger partial charge >= 0.3 is 5.97 Å². The summed E-state index contributed by atoms with van der Waals surface area (Å²) in [5.74, 6) is -1.51. The highest BCUT2D eigenvalue weighted by Crippen LogP contribution is 2.49. The van der Waals surface area contributed by atoms with E-state index in [1.165, 1.54) is 0 Å². The van der Waals surface area contributed by atoms with Gasteiger partial charge in [0.15, 0.2) is 0 Å². The zero-order chi connectivity index (χ0) is 12.4. The number of sulfone groups is 1. The van der Waals surface area contributed by atoms with Crippen molar-refractivity contribution in [1.29, 1.82) is 0 Å². The molecule has 0 saturated heterocycles. The Morgan fingerprint density at radius 2 is 1.94 bits per heavy atom. The highest BCUT2D eigenvalue weighted by atomic mass is 32.2. The molecule has 0 aliphatic heterocycles. The Bertz CT molecular complexity index is 396. The van der Waals surface area contributed by atoms with Crippen molar-refractivity contribution < 1.29 is 23.1 Å². The summed E-state index contributed by atoms with van der Waals surface area (Å²) in [6.45, 7) is -0.423. The summed E-state index contributed by atoms with van der Waals surface area (Å²) < 4.78 is 22.2. The van der Waals surface area contributed by atoms with Crippen molar-refractivity contribution in [1.82, 2.24) is 5.32 Å². The molecule has 1 fully saturated rings. The van der Waals surface area contributed by atoms with E-state index in [-0.39, 0.29) is 12.2 Å². The number of nitrogens with one attached hydrogen (secondary N) is 1. The number of hydrogen-bond acceptors (Lipinski definition) is 4. The van der Waals surface area contributed by atoms with E-state index >= 15 is 0 Å². The standard InChI is InChI=1S/C9H15NO5S/c1-16(14,15)6-9(2-3-9)4-7(11)10-5-8(12)13/h2-6H2,1H3,(H,10,11)(H,12,13). The normalized spacial score (nSPS) is 17.8. The van der Waals surface area contributed by atoms with Gasteiger partial charge in [0.05, 0.1) is 5.75 Å². The van der Waals surface area contributed by atoms with Crippen molar-refractivity contribution in [3.8, 4) is 0 Å². The van der Waals surface area contributed by atoms with Gasteiger partial charge in [0.2, 0.25) is 5.91 Å². The van der Waals surface area contributed by atoms with Crippen LogP contribution in [0.4, 0.5) is 0 Å². The number of carboxylic acid groups (broad SMARTS) is 1. The summed E-state index contributed by atoms with van der Waals surface area (Å²) in [4.78, 5) is 21.5. The molecule has 7 heteroatoms. The van der Waals surface area contributed by atoms with Crippen molar-refractivity contribution >= 4 is 21.7 Å². The van der Waals surface area contributed by atoms with Crippen LogP contribution in [0.2, 0.25) is 0 Å². The maximum absolute atomic E-state index is 11.3. The molecule has 0 aromatic heterocycles. The minimum Gasteiger partial charge on any atom is -0.480 e. The highest BCUT2D eigenvalue weighted by Gasteiger charge is 2.46. The Balaban J connectivity index is 2.42. The fourth-order valence-electron chi connectivity index (χ4n) is 1.68. The predicted molar refractivity (Wildman–Crippen MR) is 56.6 cm³/mol. The van der Waals surface area contributed by atoms with Gasteiger partial charge in [-0.1, -0.05) is 0 Å². The summed E-state index contributed by atoms with van der Waals surface area (Å²) >= 11 is 0. The molecule has 92 valence electrons. The topological polar surface area (TPSA) is 101 Å². The van der Waals surface area contributed by atoms with Crippen molar-refractivity contribution in [2.24, 2.45) is 5.41 Å². The first kappa shape index (κ1) is 13.0. The van der Waals surface area contributed by atoms with Gasteiger partial charge in [0.1, 0.15) is 16.4 Å². The second-order valence-corrected chi connectivity index (χ2v) is 6.56. The molecule has 1 aliphatic rings. The Morgan fingerprint density at radius 3 is 2.31 bits per heavy atom. The number of hydrogen-bond donors (Lipinski definition) is 2. The number of rotatable bonds is 6. The van der Waals surface area contributed by atoms with Crippen molar-refractivity contribution in [2.75, 3.05) is 18.6 Å². The minimum atomic E-state index is -3.09. The third-order valence-electron chi connectivity index (χ3n) is 2.50. The molecule has 2 N–H and O–H groups in total. The number of carbonyl (C=O) groups excluding carboxylic acids is 1. The van der Waals surface area contributed by atoms with Crippen molar-refractivity contribution in [3.63, 3.8) is 0 Å². The van der Waals surface area contributed by atoms with E-state index in [1.54, 1.807) is 0 Å². The Hall–Kier alpha value is -1.11. The molecular formula is C9H15NO5S. The summed E-state index contributed by atoms with van der Waals surface area (Å²) in [6.07, 6.45) is 2.65. The smallest absolute Gasteiger partial charge is 0.322 e. The largest absolute Gasteiger partial charge is 0.480 e. The molecule has 1 rings (SSSR count). The predicted octanol–water partition coefficient (Wildman–Crippen LogP) is -0.598. The summed E-state index contributed by atoms with van der Waals surface area (Å²) in [5, 5.41) is 10.6. The van der Waals surface area contributed by atoms with Gasteiger partial charge in [-0.15, -0.1) is 0 Å². The van der Waals surface area contributed by atoms with Crippen LogP contribution in [0, 0.1) is 5.41 Å². The highest BCUT2D eigenvalue weighted by molar-refractivity contribution is 7.90. The van der Waals surface area contributed by atoms with Crippen LogP contribution in [-0.4, -0.2) is 44.0 Å². The Labute approximate surface area is 93.9 Å². The lowest BCUT2D eigenvalue weighted by Crippen LogP contribution is -2.32. The summed E-state index contributed by atoms with van der Waals surface area (Å²) in [5.41, 5.74) is -0.448. The molecule has 0 aromatic rings. The molecule has 0 radical (unpaired) electrons. The van der Waals surface area contributed by atoms with Crippen LogP contribution < -0.4 is 5.32 Å². The SMILES string of the molecule is CS(=O)(=O)CC1(CC(=O)NCC(=O)O)CC1. The Morgan fingerprint density at radius 1 is 1.38 bits per heavy atom. The minimum absolute atomic E-state index is 0.000488. The lowest BCUT2D eigenvalue weighted by atomic mass is 10.1. The van der Waals surface area contributed by atoms with Crippen molar-refractivity contribution in [2.45, 2.75) is 19.3 Å². The number of aliphatic carboxylic acids is 1. The molecule has 1 aliphatic carbocycles. The second kappa shape index (κ2) is 4.40. The fraction of sp³-hybridized carbons (Fsp3) is 0.778. The molecular weight excluding hydrogens is 234 g/mol. The van der Waals surface area contributed by atoms with Crippen LogP contribution in [-0.2, 0) is 19.4 Å². The van der Waals surface area contributed by atoms with E-state index in [2.05, 4.69) is 5.32 Å². The average Bonchev–Trinajstić information content (AvgIpc) is 2.77. The first-order chi connectivity index (χ1) is 7.22. The van der Waals surface area contributed by atoms with E-state index in [4.69, 9.17) is 5.11 Å². The number of amides is 1. The average molecular weight is 249 g/mol. The van der Waals surface area contributed by atoms with Gasteiger partial charge in [-0.25, -0.2) is 8.42 Å². The van der Waals surface area contributed by atoms with Crippen LogP contribution in [0.3, 0.4) is 0 Å². The molecule has 0 spiro atoms. The molecule has 0 heterocycles. The molecule has 1 saturated carbocycles. The van der Waals surface area contributed by atoms with E-state index in [1.807, 2.05) is 0 Å². The summed E-state index contributed by atoms with van der Waals surface area (Å²) in [7, 11) is -3.09. The van der Waals surface area contributed by atoms with E-state index in [9.17, 15) is 18.0 Å².